The number of hydrogen-bond donors (Lipinski definition) is 1. The van der Waals surface area contributed by atoms with Gasteiger partial charge in [0.2, 0.25) is 0 Å². The van der Waals surface area contributed by atoms with E-state index >= 15 is 0 Å². The maximum absolute atomic E-state index is 10.8. The van der Waals surface area contributed by atoms with E-state index in [2.05, 4.69) is 20.2 Å². The zero-order chi connectivity index (χ0) is 15.4. The number of benzene rings is 1. The van der Waals surface area contributed by atoms with Crippen LogP contribution >= 0.6 is 0 Å². The Kier molecular flexibility index (Phi) is 4.13. The van der Waals surface area contributed by atoms with Crippen LogP contribution in [0.5, 0.6) is 0 Å². The quantitative estimate of drug-likeness (QED) is 0.675. The highest BCUT2D eigenvalue weighted by Crippen LogP contribution is 2.20. The van der Waals surface area contributed by atoms with E-state index < -0.39 is 0 Å². The zero-order valence-electron chi connectivity index (χ0n) is 12.1. The summed E-state index contributed by atoms with van der Waals surface area (Å²) in [6.07, 6.45) is 3.93. The summed E-state index contributed by atoms with van der Waals surface area (Å²) in [7, 11) is 0. The van der Waals surface area contributed by atoms with Crippen LogP contribution in [0, 0.1) is 10.1 Å². The molecule has 1 fully saturated rings. The molecule has 1 aliphatic rings. The van der Waals surface area contributed by atoms with E-state index in [1.807, 2.05) is 12.1 Å². The molecule has 1 aliphatic heterocycles. The second-order valence-electron chi connectivity index (χ2n) is 5.24. The van der Waals surface area contributed by atoms with Crippen LogP contribution in [0.3, 0.4) is 0 Å². The molecule has 0 bridgehead atoms. The van der Waals surface area contributed by atoms with Gasteiger partial charge in [-0.3, -0.25) is 10.1 Å². The first-order valence-corrected chi connectivity index (χ1v) is 7.26. The number of anilines is 2. The lowest BCUT2D eigenvalue weighted by Crippen LogP contribution is -2.19. The molecule has 3 rings (SSSR count). The lowest BCUT2D eigenvalue weighted by atomic mass is 10.2. The van der Waals surface area contributed by atoms with Gasteiger partial charge in [-0.15, -0.1) is 0 Å². The summed E-state index contributed by atoms with van der Waals surface area (Å²) in [5.74, 6) is 1.65. The number of nitro groups is 1. The minimum atomic E-state index is -0.389. The van der Waals surface area contributed by atoms with E-state index in [1.54, 1.807) is 18.5 Å². The van der Waals surface area contributed by atoms with Gasteiger partial charge in [0.15, 0.2) is 0 Å². The third-order valence-electron chi connectivity index (χ3n) is 3.68. The van der Waals surface area contributed by atoms with Crippen LogP contribution < -0.4 is 10.2 Å². The number of hydrogen-bond acceptors (Lipinski definition) is 6. The van der Waals surface area contributed by atoms with E-state index in [0.29, 0.717) is 6.54 Å². The molecule has 7 nitrogen and oxygen atoms in total. The molecular weight excluding hydrogens is 282 g/mol. The molecule has 114 valence electrons. The SMILES string of the molecule is O=[N+]([O-])c1cccc(CNc2cc(N3CCCC3)ncn2)c1. The molecule has 2 aromatic rings. The Morgan fingerprint density at radius 1 is 1.23 bits per heavy atom. The smallest absolute Gasteiger partial charge is 0.269 e. The summed E-state index contributed by atoms with van der Waals surface area (Å²) in [5.41, 5.74) is 0.940. The summed E-state index contributed by atoms with van der Waals surface area (Å²) in [4.78, 5) is 21.1. The molecule has 1 aromatic carbocycles. The summed E-state index contributed by atoms with van der Waals surface area (Å²) in [6, 6.07) is 8.51. The maximum Gasteiger partial charge on any atom is 0.269 e. The summed E-state index contributed by atoms with van der Waals surface area (Å²) < 4.78 is 0. The Labute approximate surface area is 128 Å². The standard InChI is InChI=1S/C15H17N5O2/c21-20(22)13-5-3-4-12(8-13)10-16-14-9-15(18-11-17-14)19-6-1-2-7-19/h3-5,8-9,11H,1-2,6-7,10H2,(H,16,17,18). The van der Waals surface area contributed by atoms with Gasteiger partial charge in [0.25, 0.3) is 5.69 Å². The molecule has 0 aliphatic carbocycles. The van der Waals surface area contributed by atoms with E-state index in [0.717, 1.165) is 30.3 Å². The Balaban J connectivity index is 1.67. The molecule has 0 saturated carbocycles. The van der Waals surface area contributed by atoms with Crippen LogP contribution in [0.4, 0.5) is 17.3 Å². The fourth-order valence-electron chi connectivity index (χ4n) is 2.54. The molecule has 0 radical (unpaired) electrons. The number of non-ortho nitro benzene ring substituents is 1. The van der Waals surface area contributed by atoms with Gasteiger partial charge in [0.1, 0.15) is 18.0 Å². The second kappa shape index (κ2) is 6.38. The van der Waals surface area contributed by atoms with E-state index in [1.165, 1.54) is 18.9 Å². The predicted octanol–water partition coefficient (Wildman–Crippen LogP) is 2.60. The van der Waals surface area contributed by atoms with Crippen LogP contribution in [-0.4, -0.2) is 28.0 Å². The topological polar surface area (TPSA) is 84.2 Å². The fourth-order valence-corrected chi connectivity index (χ4v) is 2.54. The highest BCUT2D eigenvalue weighted by Gasteiger charge is 2.14. The largest absolute Gasteiger partial charge is 0.366 e. The summed E-state index contributed by atoms with van der Waals surface area (Å²) in [6.45, 7) is 2.54. The molecule has 1 saturated heterocycles. The molecule has 0 spiro atoms. The number of nitrogens with zero attached hydrogens (tertiary/aromatic N) is 4. The van der Waals surface area contributed by atoms with Gasteiger partial charge in [-0.2, -0.15) is 0 Å². The molecule has 0 unspecified atom stereocenters. The Morgan fingerprint density at radius 3 is 2.82 bits per heavy atom. The summed E-state index contributed by atoms with van der Waals surface area (Å²) >= 11 is 0. The minimum absolute atomic E-state index is 0.0970. The van der Waals surface area contributed by atoms with Crippen molar-refractivity contribution < 1.29 is 4.92 Å². The van der Waals surface area contributed by atoms with Gasteiger partial charge in [-0.1, -0.05) is 12.1 Å². The third-order valence-corrected chi connectivity index (χ3v) is 3.68. The van der Waals surface area contributed by atoms with Crippen LogP contribution in [0.2, 0.25) is 0 Å². The monoisotopic (exact) mass is 299 g/mol. The number of aromatic nitrogens is 2. The van der Waals surface area contributed by atoms with Gasteiger partial charge in [-0.05, 0) is 18.4 Å². The molecule has 0 atom stereocenters. The van der Waals surface area contributed by atoms with Crippen molar-refractivity contribution in [3.05, 3.63) is 52.3 Å². The molecule has 7 heteroatoms. The minimum Gasteiger partial charge on any atom is -0.366 e. The normalized spacial score (nSPS) is 14.1. The molecule has 0 amide bonds. The van der Waals surface area contributed by atoms with Crippen molar-refractivity contribution in [2.45, 2.75) is 19.4 Å². The van der Waals surface area contributed by atoms with Crippen molar-refractivity contribution in [1.82, 2.24) is 9.97 Å². The number of rotatable bonds is 5. The number of nitro benzene ring substituents is 1. The van der Waals surface area contributed by atoms with Crippen LogP contribution in [-0.2, 0) is 6.54 Å². The second-order valence-corrected chi connectivity index (χ2v) is 5.24. The predicted molar refractivity (Wildman–Crippen MR) is 83.9 cm³/mol. The first-order chi connectivity index (χ1) is 10.7. The van der Waals surface area contributed by atoms with Crippen LogP contribution in [0.25, 0.3) is 0 Å². The highest BCUT2D eigenvalue weighted by molar-refractivity contribution is 5.49. The van der Waals surface area contributed by atoms with Crippen LogP contribution in [0.1, 0.15) is 18.4 Å². The van der Waals surface area contributed by atoms with E-state index in [-0.39, 0.29) is 10.6 Å². The lowest BCUT2D eigenvalue weighted by molar-refractivity contribution is -0.384. The van der Waals surface area contributed by atoms with Gasteiger partial charge in [0.05, 0.1) is 4.92 Å². The van der Waals surface area contributed by atoms with Crippen molar-refractivity contribution in [2.75, 3.05) is 23.3 Å². The first kappa shape index (κ1) is 14.2. The number of nitrogens with one attached hydrogen (secondary N) is 1. The van der Waals surface area contributed by atoms with Gasteiger partial charge < -0.3 is 10.2 Å². The van der Waals surface area contributed by atoms with Crippen molar-refractivity contribution in [3.63, 3.8) is 0 Å². The fraction of sp³-hybridized carbons (Fsp3) is 0.333. The highest BCUT2D eigenvalue weighted by atomic mass is 16.6. The van der Waals surface area contributed by atoms with Crippen LogP contribution in [0.15, 0.2) is 36.7 Å². The Morgan fingerprint density at radius 2 is 2.05 bits per heavy atom. The van der Waals surface area contributed by atoms with Gasteiger partial charge in [0, 0.05) is 37.8 Å². The molecule has 2 heterocycles. The molecular formula is C15H17N5O2. The molecule has 1 aromatic heterocycles. The average Bonchev–Trinajstić information content (AvgIpc) is 3.08. The first-order valence-electron chi connectivity index (χ1n) is 7.26. The lowest BCUT2D eigenvalue weighted by Gasteiger charge is -2.16. The molecule has 22 heavy (non-hydrogen) atoms. The zero-order valence-corrected chi connectivity index (χ0v) is 12.1. The van der Waals surface area contributed by atoms with Crippen molar-refractivity contribution in [3.8, 4) is 0 Å². The van der Waals surface area contributed by atoms with E-state index in [4.69, 9.17) is 0 Å². The molecule has 1 N–H and O–H groups in total. The maximum atomic E-state index is 10.8. The van der Waals surface area contributed by atoms with Crippen molar-refractivity contribution in [2.24, 2.45) is 0 Å². The van der Waals surface area contributed by atoms with Gasteiger partial charge >= 0.3 is 0 Å². The average molecular weight is 299 g/mol. The van der Waals surface area contributed by atoms with E-state index in [9.17, 15) is 10.1 Å². The Hall–Kier alpha value is -2.70. The third kappa shape index (κ3) is 3.30. The van der Waals surface area contributed by atoms with Crippen molar-refractivity contribution in [1.29, 1.82) is 0 Å². The summed E-state index contributed by atoms with van der Waals surface area (Å²) in [5, 5.41) is 14.0. The van der Waals surface area contributed by atoms with Crippen molar-refractivity contribution >= 4 is 17.3 Å². The Bertz CT molecular complexity index is 670. The van der Waals surface area contributed by atoms with Gasteiger partial charge in [-0.25, -0.2) is 9.97 Å².